The van der Waals surface area contributed by atoms with E-state index in [2.05, 4.69) is 153 Å². The number of thiophene rings is 1. The minimum atomic E-state index is -0.133. The first-order valence-corrected chi connectivity index (χ1v) is 19.1. The van der Waals surface area contributed by atoms with Crippen molar-refractivity contribution < 1.29 is 0 Å². The topological polar surface area (TPSA) is 51.6 Å². The van der Waals surface area contributed by atoms with Crippen molar-refractivity contribution in [1.82, 2.24) is 19.9 Å². The van der Waals surface area contributed by atoms with E-state index in [1.807, 2.05) is 29.5 Å². The van der Waals surface area contributed by atoms with Crippen LogP contribution in [0.4, 0.5) is 0 Å². The molecule has 4 nitrogen and oxygen atoms in total. The van der Waals surface area contributed by atoms with Crippen LogP contribution in [-0.4, -0.2) is 19.9 Å². The molecule has 7 aromatic carbocycles. The lowest BCUT2D eigenvalue weighted by Gasteiger charge is -2.21. The van der Waals surface area contributed by atoms with E-state index >= 15 is 0 Å². The first kappa shape index (κ1) is 31.0. The van der Waals surface area contributed by atoms with Crippen molar-refractivity contribution in [2.75, 3.05) is 0 Å². The summed E-state index contributed by atoms with van der Waals surface area (Å²) < 4.78 is 2.44. The molecule has 0 spiro atoms. The molecule has 0 radical (unpaired) electrons. The van der Waals surface area contributed by atoms with Crippen LogP contribution in [0, 0.1) is 0 Å². The third-order valence-corrected chi connectivity index (χ3v) is 12.3. The molecule has 0 bridgehead atoms. The highest BCUT2D eigenvalue weighted by Crippen LogP contribution is 2.49. The van der Waals surface area contributed by atoms with E-state index in [4.69, 9.17) is 19.9 Å². The van der Waals surface area contributed by atoms with Crippen molar-refractivity contribution in [1.29, 1.82) is 0 Å². The summed E-state index contributed by atoms with van der Waals surface area (Å²) in [5.74, 6) is 1.95. The monoisotopic (exact) mass is 708 g/mol. The van der Waals surface area contributed by atoms with Crippen molar-refractivity contribution >= 4 is 53.2 Å². The Hall–Kier alpha value is -6.56. The van der Waals surface area contributed by atoms with E-state index < -0.39 is 0 Å². The minimum Gasteiger partial charge on any atom is -0.247 e. The zero-order valence-electron chi connectivity index (χ0n) is 29.7. The van der Waals surface area contributed by atoms with Crippen molar-refractivity contribution in [2.45, 2.75) is 19.3 Å². The lowest BCUT2D eigenvalue weighted by Crippen LogP contribution is -2.15. The lowest BCUT2D eigenvalue weighted by atomic mass is 9.82. The number of benzene rings is 7. The molecule has 0 unspecified atom stereocenters. The summed E-state index contributed by atoms with van der Waals surface area (Å²) in [6.45, 7) is 4.61. The maximum atomic E-state index is 5.33. The fraction of sp³-hybridized carbons (Fsp3) is 0.0612. The van der Waals surface area contributed by atoms with Gasteiger partial charge in [-0.2, -0.15) is 0 Å². The van der Waals surface area contributed by atoms with Gasteiger partial charge >= 0.3 is 0 Å². The molecule has 5 heteroatoms. The number of rotatable bonds is 4. The van der Waals surface area contributed by atoms with Crippen LogP contribution in [0.2, 0.25) is 0 Å². The molecule has 0 amide bonds. The van der Waals surface area contributed by atoms with Crippen molar-refractivity contribution in [3.63, 3.8) is 0 Å². The Morgan fingerprint density at radius 2 is 1.09 bits per heavy atom. The SMILES string of the molecule is CC1(C)c2ccccc2-c2ccc(-c3nc(-c4ccccc4)nc(-c4ccc5sc6c7ccccc7nc(-c7ccc8ccccc8c7)c6c5c4)n3)cc21. The van der Waals surface area contributed by atoms with Crippen LogP contribution in [0.15, 0.2) is 158 Å². The van der Waals surface area contributed by atoms with Gasteiger partial charge in [0.25, 0.3) is 0 Å². The van der Waals surface area contributed by atoms with Gasteiger partial charge in [-0.15, -0.1) is 11.3 Å². The average molecular weight is 709 g/mol. The van der Waals surface area contributed by atoms with Gasteiger partial charge in [0.05, 0.1) is 11.2 Å². The van der Waals surface area contributed by atoms with Gasteiger partial charge in [-0.05, 0) is 69.4 Å². The fourth-order valence-electron chi connectivity index (χ4n) is 8.34. The molecular weight excluding hydrogens is 677 g/mol. The molecular formula is C49H32N4S. The van der Waals surface area contributed by atoms with E-state index in [1.165, 1.54) is 42.4 Å². The van der Waals surface area contributed by atoms with Crippen molar-refractivity contribution in [3.05, 3.63) is 169 Å². The van der Waals surface area contributed by atoms with Gasteiger partial charge in [-0.3, -0.25) is 0 Å². The van der Waals surface area contributed by atoms with Crippen molar-refractivity contribution in [3.8, 4) is 56.5 Å². The molecule has 0 atom stereocenters. The molecule has 0 saturated heterocycles. The predicted octanol–water partition coefficient (Wildman–Crippen LogP) is 12.9. The Labute approximate surface area is 316 Å². The van der Waals surface area contributed by atoms with Gasteiger partial charge in [0, 0.05) is 53.2 Å². The van der Waals surface area contributed by atoms with Gasteiger partial charge in [0.2, 0.25) is 0 Å². The largest absolute Gasteiger partial charge is 0.247 e. The summed E-state index contributed by atoms with van der Waals surface area (Å²) in [4.78, 5) is 20.8. The molecule has 0 fully saturated rings. The molecule has 0 aliphatic heterocycles. The van der Waals surface area contributed by atoms with Crippen LogP contribution in [0.3, 0.4) is 0 Å². The van der Waals surface area contributed by atoms with Crippen LogP contribution >= 0.6 is 11.3 Å². The molecule has 3 aromatic heterocycles. The number of para-hydroxylation sites is 1. The molecule has 254 valence electrons. The third kappa shape index (κ3) is 4.75. The minimum absolute atomic E-state index is 0.133. The van der Waals surface area contributed by atoms with Crippen LogP contribution in [-0.2, 0) is 5.41 Å². The van der Waals surface area contributed by atoms with Crippen LogP contribution in [0.5, 0.6) is 0 Å². The standard InChI is InChI=1S/C49H32N4S/c1-49(2)39-18-10-8-16-35(39)36-24-22-34(28-40(36)49)48-52-46(30-13-4-3-5-14-30)51-47(53-48)33-23-25-42-38(27-33)43-44(32-21-20-29-12-6-7-15-31(29)26-32)50-41-19-11-9-17-37(41)45(43)54-42/h3-28H,1-2H3. The zero-order valence-corrected chi connectivity index (χ0v) is 30.5. The van der Waals surface area contributed by atoms with Gasteiger partial charge in [-0.1, -0.05) is 135 Å². The van der Waals surface area contributed by atoms with Crippen LogP contribution in [0.1, 0.15) is 25.0 Å². The van der Waals surface area contributed by atoms with Gasteiger partial charge in [0.15, 0.2) is 17.5 Å². The Balaban J connectivity index is 1.13. The van der Waals surface area contributed by atoms with E-state index in [0.29, 0.717) is 17.5 Å². The number of fused-ring (bicyclic) bond motifs is 9. The number of pyridine rings is 1. The molecule has 0 N–H and O–H groups in total. The maximum absolute atomic E-state index is 5.33. The van der Waals surface area contributed by atoms with E-state index in [0.717, 1.165) is 49.6 Å². The normalized spacial score (nSPS) is 13.1. The average Bonchev–Trinajstić information content (AvgIpc) is 3.72. The first-order valence-electron chi connectivity index (χ1n) is 18.3. The van der Waals surface area contributed by atoms with Crippen LogP contribution < -0.4 is 0 Å². The Kier molecular flexibility index (Phi) is 6.73. The van der Waals surface area contributed by atoms with Crippen LogP contribution in [0.25, 0.3) is 98.4 Å². The number of hydrogen-bond donors (Lipinski definition) is 0. The van der Waals surface area contributed by atoms with Gasteiger partial charge in [-0.25, -0.2) is 19.9 Å². The summed E-state index contributed by atoms with van der Waals surface area (Å²) >= 11 is 1.82. The molecule has 1 aliphatic rings. The Bertz CT molecular complexity index is 3140. The zero-order chi connectivity index (χ0) is 36.0. The van der Waals surface area contributed by atoms with E-state index in [9.17, 15) is 0 Å². The number of aromatic nitrogens is 4. The Morgan fingerprint density at radius 1 is 0.444 bits per heavy atom. The highest BCUT2D eigenvalue weighted by atomic mass is 32.1. The van der Waals surface area contributed by atoms with Crippen molar-refractivity contribution in [2.24, 2.45) is 0 Å². The summed E-state index contributed by atoms with van der Waals surface area (Å²) in [7, 11) is 0. The highest BCUT2D eigenvalue weighted by molar-refractivity contribution is 7.26. The van der Waals surface area contributed by atoms with Gasteiger partial charge in [0.1, 0.15) is 0 Å². The Morgan fingerprint density at radius 3 is 1.94 bits per heavy atom. The maximum Gasteiger partial charge on any atom is 0.164 e. The molecule has 10 aromatic rings. The second kappa shape index (κ2) is 11.7. The smallest absolute Gasteiger partial charge is 0.164 e. The second-order valence-corrected chi connectivity index (χ2v) is 15.7. The molecule has 54 heavy (non-hydrogen) atoms. The third-order valence-electron chi connectivity index (χ3n) is 11.1. The fourth-order valence-corrected chi connectivity index (χ4v) is 9.56. The summed E-state index contributed by atoms with van der Waals surface area (Å²) in [6, 6.07) is 55.9. The van der Waals surface area contributed by atoms with Gasteiger partial charge < -0.3 is 0 Å². The quantitative estimate of drug-likeness (QED) is 0.183. The molecule has 3 heterocycles. The lowest BCUT2D eigenvalue weighted by molar-refractivity contribution is 0.660. The summed E-state index contributed by atoms with van der Waals surface area (Å²) in [6.07, 6.45) is 0. The second-order valence-electron chi connectivity index (χ2n) is 14.7. The highest BCUT2D eigenvalue weighted by Gasteiger charge is 2.35. The first-order chi connectivity index (χ1) is 26.5. The number of hydrogen-bond acceptors (Lipinski definition) is 5. The molecule has 11 rings (SSSR count). The van der Waals surface area contributed by atoms with E-state index in [1.54, 1.807) is 0 Å². The summed E-state index contributed by atoms with van der Waals surface area (Å²) in [5.41, 5.74) is 11.0. The number of nitrogens with zero attached hydrogens (tertiary/aromatic N) is 4. The molecule has 0 saturated carbocycles. The molecule has 1 aliphatic carbocycles. The summed E-state index contributed by atoms with van der Waals surface area (Å²) in [5, 5.41) is 5.88. The predicted molar refractivity (Wildman–Crippen MR) is 225 cm³/mol. The van der Waals surface area contributed by atoms with E-state index in [-0.39, 0.29) is 5.41 Å².